The zero-order chi connectivity index (χ0) is 10.5. The lowest BCUT2D eigenvalue weighted by Gasteiger charge is -2.29. The van der Waals surface area contributed by atoms with E-state index in [1.165, 1.54) is 24.8 Å². The van der Waals surface area contributed by atoms with Crippen molar-refractivity contribution in [1.82, 2.24) is 4.90 Å². The van der Waals surface area contributed by atoms with Crippen LogP contribution in [0.5, 0.6) is 0 Å². The van der Waals surface area contributed by atoms with E-state index < -0.39 is 0 Å². The van der Waals surface area contributed by atoms with Gasteiger partial charge in [0.15, 0.2) is 0 Å². The molecule has 1 aliphatic rings. The summed E-state index contributed by atoms with van der Waals surface area (Å²) < 4.78 is 0. The first-order valence-electron chi connectivity index (χ1n) is 5.63. The van der Waals surface area contributed by atoms with E-state index in [0.717, 1.165) is 19.0 Å². The van der Waals surface area contributed by atoms with Gasteiger partial charge in [0, 0.05) is 19.1 Å². The van der Waals surface area contributed by atoms with Crippen LogP contribution in [-0.4, -0.2) is 18.0 Å². The minimum absolute atomic E-state index is 0.817. The minimum Gasteiger partial charge on any atom is -0.333 e. The van der Waals surface area contributed by atoms with E-state index in [2.05, 4.69) is 41.3 Å². The lowest BCUT2D eigenvalue weighted by molar-refractivity contribution is 0.254. The van der Waals surface area contributed by atoms with Gasteiger partial charge in [-0.1, -0.05) is 36.8 Å². The van der Waals surface area contributed by atoms with Crippen LogP contribution >= 0.6 is 0 Å². The van der Waals surface area contributed by atoms with Crippen molar-refractivity contribution in [2.24, 2.45) is 5.92 Å². The molecule has 0 aliphatic carbocycles. The van der Waals surface area contributed by atoms with Crippen LogP contribution in [0.4, 0.5) is 0 Å². The smallest absolute Gasteiger partial charge is 0.0263 e. The Morgan fingerprint density at radius 1 is 1.20 bits per heavy atom. The van der Waals surface area contributed by atoms with Crippen molar-refractivity contribution in [3.8, 4) is 12.5 Å². The average molecular weight is 199 g/mol. The maximum Gasteiger partial charge on any atom is 0.0263 e. The van der Waals surface area contributed by atoms with Gasteiger partial charge in [0.1, 0.15) is 0 Å². The maximum atomic E-state index is 5.38. The topological polar surface area (TPSA) is 3.24 Å². The Kier molecular flexibility index (Phi) is 3.29. The SMILES string of the molecule is C#CN1CCC(Cc2ccccc2)CC1. The van der Waals surface area contributed by atoms with Crippen molar-refractivity contribution in [3.63, 3.8) is 0 Å². The summed E-state index contributed by atoms with van der Waals surface area (Å²) in [5.41, 5.74) is 1.46. The highest BCUT2D eigenvalue weighted by Gasteiger charge is 2.17. The molecule has 0 N–H and O–H groups in total. The van der Waals surface area contributed by atoms with Crippen LogP contribution < -0.4 is 0 Å². The standard InChI is InChI=1S/C14H17N/c1-2-15-10-8-14(9-11-15)12-13-6-4-3-5-7-13/h1,3-7,14H,8-12H2. The lowest BCUT2D eigenvalue weighted by atomic mass is 9.90. The molecule has 1 saturated heterocycles. The summed E-state index contributed by atoms with van der Waals surface area (Å²) in [7, 11) is 0. The van der Waals surface area contributed by atoms with Crippen molar-refractivity contribution in [3.05, 3.63) is 35.9 Å². The van der Waals surface area contributed by atoms with Gasteiger partial charge in [-0.05, 0) is 30.7 Å². The lowest BCUT2D eigenvalue weighted by Crippen LogP contribution is -2.30. The number of benzene rings is 1. The van der Waals surface area contributed by atoms with Gasteiger partial charge in [0.05, 0.1) is 0 Å². The first-order valence-corrected chi connectivity index (χ1v) is 5.63. The predicted molar refractivity (Wildman–Crippen MR) is 63.3 cm³/mol. The third kappa shape index (κ3) is 2.76. The van der Waals surface area contributed by atoms with Crippen LogP contribution in [0, 0.1) is 18.4 Å². The molecule has 1 aliphatic heterocycles. The molecule has 0 spiro atoms. The van der Waals surface area contributed by atoms with Crippen molar-refractivity contribution in [2.75, 3.05) is 13.1 Å². The summed E-state index contributed by atoms with van der Waals surface area (Å²) in [6, 6.07) is 13.5. The van der Waals surface area contributed by atoms with E-state index in [1.54, 1.807) is 0 Å². The first-order chi connectivity index (χ1) is 7.38. The van der Waals surface area contributed by atoms with Gasteiger partial charge in [0.2, 0.25) is 0 Å². The summed E-state index contributed by atoms with van der Waals surface area (Å²) in [4.78, 5) is 2.08. The molecule has 1 aromatic carbocycles. The molecule has 1 aromatic rings. The number of rotatable bonds is 2. The summed E-state index contributed by atoms with van der Waals surface area (Å²) in [6.07, 6.45) is 9.06. The quantitative estimate of drug-likeness (QED) is 0.662. The Hall–Kier alpha value is -1.42. The summed E-state index contributed by atoms with van der Waals surface area (Å²) in [5, 5.41) is 0. The van der Waals surface area contributed by atoms with Crippen molar-refractivity contribution in [2.45, 2.75) is 19.3 Å². The molecule has 1 heterocycles. The van der Waals surface area contributed by atoms with Gasteiger partial charge >= 0.3 is 0 Å². The number of piperidine rings is 1. The Morgan fingerprint density at radius 3 is 2.47 bits per heavy atom. The Labute approximate surface area is 92.1 Å². The average Bonchev–Trinajstić information content (AvgIpc) is 2.31. The third-order valence-corrected chi connectivity index (χ3v) is 3.16. The third-order valence-electron chi connectivity index (χ3n) is 3.16. The predicted octanol–water partition coefficient (Wildman–Crippen LogP) is 2.53. The molecule has 0 unspecified atom stereocenters. The zero-order valence-corrected chi connectivity index (χ0v) is 9.02. The van der Waals surface area contributed by atoms with Gasteiger partial charge < -0.3 is 4.90 Å². The minimum atomic E-state index is 0.817. The highest BCUT2D eigenvalue weighted by molar-refractivity contribution is 5.15. The maximum absolute atomic E-state index is 5.38. The fourth-order valence-corrected chi connectivity index (χ4v) is 2.21. The molecule has 1 fully saturated rings. The monoisotopic (exact) mass is 199 g/mol. The number of hydrogen-bond acceptors (Lipinski definition) is 1. The number of likely N-dealkylation sites (tertiary alicyclic amines) is 1. The molecule has 2 rings (SSSR count). The molecular weight excluding hydrogens is 182 g/mol. The summed E-state index contributed by atoms with van der Waals surface area (Å²) >= 11 is 0. The summed E-state index contributed by atoms with van der Waals surface area (Å²) in [6.45, 7) is 2.13. The Bertz CT molecular complexity index is 328. The number of nitrogens with zero attached hydrogens (tertiary/aromatic N) is 1. The molecule has 0 bridgehead atoms. The second kappa shape index (κ2) is 4.89. The van der Waals surface area contributed by atoms with E-state index in [9.17, 15) is 0 Å². The highest BCUT2D eigenvalue weighted by Crippen LogP contribution is 2.20. The fraction of sp³-hybridized carbons (Fsp3) is 0.429. The molecule has 0 atom stereocenters. The summed E-state index contributed by atoms with van der Waals surface area (Å²) in [5.74, 6) is 0.817. The molecule has 1 heteroatoms. The van der Waals surface area contributed by atoms with Crippen LogP contribution in [0.25, 0.3) is 0 Å². The molecular formula is C14H17N. The van der Waals surface area contributed by atoms with E-state index in [0.29, 0.717) is 0 Å². The Morgan fingerprint density at radius 2 is 1.87 bits per heavy atom. The number of hydrogen-bond donors (Lipinski definition) is 0. The molecule has 78 valence electrons. The van der Waals surface area contributed by atoms with Gasteiger partial charge in [-0.15, -0.1) is 0 Å². The van der Waals surface area contributed by atoms with Crippen LogP contribution in [0.1, 0.15) is 18.4 Å². The molecule has 0 saturated carbocycles. The van der Waals surface area contributed by atoms with E-state index >= 15 is 0 Å². The van der Waals surface area contributed by atoms with Crippen molar-refractivity contribution >= 4 is 0 Å². The van der Waals surface area contributed by atoms with Crippen LogP contribution in [0.15, 0.2) is 30.3 Å². The largest absolute Gasteiger partial charge is 0.333 e. The Balaban J connectivity index is 1.85. The zero-order valence-electron chi connectivity index (χ0n) is 9.02. The van der Waals surface area contributed by atoms with E-state index in [4.69, 9.17) is 6.42 Å². The van der Waals surface area contributed by atoms with E-state index in [-0.39, 0.29) is 0 Å². The molecule has 0 aromatic heterocycles. The first kappa shape index (κ1) is 10.1. The number of terminal acetylenes is 1. The molecule has 15 heavy (non-hydrogen) atoms. The highest BCUT2D eigenvalue weighted by atomic mass is 15.1. The molecule has 1 nitrogen and oxygen atoms in total. The fourth-order valence-electron chi connectivity index (χ4n) is 2.21. The van der Waals surface area contributed by atoms with Gasteiger partial charge in [0.25, 0.3) is 0 Å². The second-order valence-electron chi connectivity index (χ2n) is 4.25. The normalized spacial score (nSPS) is 17.4. The van der Waals surface area contributed by atoms with Gasteiger partial charge in [-0.3, -0.25) is 0 Å². The van der Waals surface area contributed by atoms with Crippen LogP contribution in [0.3, 0.4) is 0 Å². The molecule has 0 radical (unpaired) electrons. The van der Waals surface area contributed by atoms with Crippen LogP contribution in [0.2, 0.25) is 0 Å². The van der Waals surface area contributed by atoms with Crippen LogP contribution in [-0.2, 0) is 6.42 Å². The van der Waals surface area contributed by atoms with Gasteiger partial charge in [-0.25, -0.2) is 0 Å². The van der Waals surface area contributed by atoms with Crippen molar-refractivity contribution in [1.29, 1.82) is 0 Å². The van der Waals surface area contributed by atoms with Crippen molar-refractivity contribution < 1.29 is 0 Å². The van der Waals surface area contributed by atoms with Gasteiger partial charge in [-0.2, -0.15) is 0 Å². The molecule has 0 amide bonds. The van der Waals surface area contributed by atoms with E-state index in [1.807, 2.05) is 0 Å². The second-order valence-corrected chi connectivity index (χ2v) is 4.25.